The predicted octanol–water partition coefficient (Wildman–Crippen LogP) is 3.56. The van der Waals surface area contributed by atoms with Gasteiger partial charge in [0.1, 0.15) is 11.9 Å². The third-order valence-corrected chi connectivity index (χ3v) is 3.50. The highest BCUT2D eigenvalue weighted by atomic mass is 19.1. The van der Waals surface area contributed by atoms with Gasteiger partial charge in [-0.3, -0.25) is 4.90 Å². The maximum absolute atomic E-state index is 13.2. The number of hydrogen-bond acceptors (Lipinski definition) is 2. The van der Waals surface area contributed by atoms with Gasteiger partial charge < -0.3 is 0 Å². The Bertz CT molecular complexity index is 455. The van der Waals surface area contributed by atoms with Crippen molar-refractivity contribution in [3.8, 4) is 6.07 Å². The second kappa shape index (κ2) is 5.49. The standard InChI is InChI=1S/C15H21FN2/c1-11(15(2,3)4)18(5)10-12-6-7-14(16)13(8-12)9-17/h6-8,11H,10H2,1-5H3. The maximum Gasteiger partial charge on any atom is 0.140 e. The minimum Gasteiger partial charge on any atom is -0.299 e. The van der Waals surface area contributed by atoms with Crippen LogP contribution in [0.4, 0.5) is 4.39 Å². The molecular formula is C15H21FN2. The summed E-state index contributed by atoms with van der Waals surface area (Å²) in [6.45, 7) is 9.47. The molecule has 0 saturated heterocycles. The van der Waals surface area contributed by atoms with Crippen LogP contribution in [-0.4, -0.2) is 18.0 Å². The van der Waals surface area contributed by atoms with Crippen LogP contribution in [0, 0.1) is 22.6 Å². The highest BCUT2D eigenvalue weighted by molar-refractivity contribution is 5.34. The van der Waals surface area contributed by atoms with Gasteiger partial charge in [-0.15, -0.1) is 0 Å². The maximum atomic E-state index is 13.2. The number of halogens is 1. The summed E-state index contributed by atoms with van der Waals surface area (Å²) in [4.78, 5) is 2.22. The molecule has 0 aliphatic rings. The lowest BCUT2D eigenvalue weighted by Gasteiger charge is -2.35. The second-order valence-corrected chi connectivity index (χ2v) is 5.88. The zero-order valence-corrected chi connectivity index (χ0v) is 11.8. The van der Waals surface area contributed by atoms with Crippen LogP contribution < -0.4 is 0 Å². The predicted molar refractivity (Wildman–Crippen MR) is 71.5 cm³/mol. The topological polar surface area (TPSA) is 27.0 Å². The number of hydrogen-bond donors (Lipinski definition) is 0. The molecule has 18 heavy (non-hydrogen) atoms. The molecule has 0 radical (unpaired) electrons. The molecule has 0 aromatic heterocycles. The summed E-state index contributed by atoms with van der Waals surface area (Å²) in [6.07, 6.45) is 0. The van der Waals surface area contributed by atoms with Gasteiger partial charge in [0, 0.05) is 12.6 Å². The van der Waals surface area contributed by atoms with Crippen LogP contribution in [0.2, 0.25) is 0 Å². The summed E-state index contributed by atoms with van der Waals surface area (Å²) in [6, 6.07) is 7.00. The average molecular weight is 248 g/mol. The lowest BCUT2D eigenvalue weighted by atomic mass is 9.87. The minimum absolute atomic E-state index is 0.115. The molecule has 0 heterocycles. The van der Waals surface area contributed by atoms with Crippen molar-refractivity contribution in [2.24, 2.45) is 5.41 Å². The summed E-state index contributed by atoms with van der Waals surface area (Å²) in [5.74, 6) is -0.451. The monoisotopic (exact) mass is 248 g/mol. The molecule has 1 unspecified atom stereocenters. The van der Waals surface area contributed by atoms with E-state index in [1.54, 1.807) is 12.1 Å². The van der Waals surface area contributed by atoms with E-state index in [1.807, 2.05) is 13.1 Å². The second-order valence-electron chi connectivity index (χ2n) is 5.88. The molecule has 0 aliphatic heterocycles. The molecule has 0 amide bonds. The van der Waals surface area contributed by atoms with Crippen molar-refractivity contribution in [3.63, 3.8) is 0 Å². The van der Waals surface area contributed by atoms with Gasteiger partial charge in [0.15, 0.2) is 0 Å². The van der Waals surface area contributed by atoms with Crippen LogP contribution in [0.15, 0.2) is 18.2 Å². The highest BCUT2D eigenvalue weighted by Gasteiger charge is 2.23. The van der Waals surface area contributed by atoms with Crippen molar-refractivity contribution in [3.05, 3.63) is 35.1 Å². The van der Waals surface area contributed by atoms with Crippen molar-refractivity contribution < 1.29 is 4.39 Å². The first-order valence-electron chi connectivity index (χ1n) is 6.14. The molecule has 0 spiro atoms. The third-order valence-electron chi connectivity index (χ3n) is 3.50. The van der Waals surface area contributed by atoms with E-state index in [0.29, 0.717) is 12.6 Å². The Labute approximate surface area is 109 Å². The lowest BCUT2D eigenvalue weighted by molar-refractivity contribution is 0.134. The highest BCUT2D eigenvalue weighted by Crippen LogP contribution is 2.24. The van der Waals surface area contributed by atoms with Gasteiger partial charge in [-0.2, -0.15) is 5.26 Å². The number of nitrogens with zero attached hydrogens (tertiary/aromatic N) is 2. The van der Waals surface area contributed by atoms with Crippen LogP contribution in [0.1, 0.15) is 38.8 Å². The molecule has 98 valence electrons. The van der Waals surface area contributed by atoms with Gasteiger partial charge in [0.05, 0.1) is 5.56 Å². The van der Waals surface area contributed by atoms with E-state index < -0.39 is 5.82 Å². The minimum atomic E-state index is -0.451. The first-order chi connectivity index (χ1) is 8.25. The van der Waals surface area contributed by atoms with Crippen molar-refractivity contribution in [2.45, 2.75) is 40.3 Å². The molecule has 0 fully saturated rings. The van der Waals surface area contributed by atoms with E-state index in [4.69, 9.17) is 5.26 Å². The van der Waals surface area contributed by atoms with Gasteiger partial charge in [0.2, 0.25) is 0 Å². The van der Waals surface area contributed by atoms with E-state index in [0.717, 1.165) is 5.56 Å². The average Bonchev–Trinajstić information content (AvgIpc) is 2.29. The fourth-order valence-electron chi connectivity index (χ4n) is 1.84. The molecule has 1 rings (SSSR count). The van der Waals surface area contributed by atoms with Gasteiger partial charge in [-0.1, -0.05) is 26.8 Å². The summed E-state index contributed by atoms with van der Waals surface area (Å²) < 4.78 is 13.2. The van der Waals surface area contributed by atoms with Gasteiger partial charge >= 0.3 is 0 Å². The summed E-state index contributed by atoms with van der Waals surface area (Å²) in [5.41, 5.74) is 1.27. The normalized spacial score (nSPS) is 13.4. The quantitative estimate of drug-likeness (QED) is 0.817. The third kappa shape index (κ3) is 3.54. The SMILES string of the molecule is CC(N(C)Cc1ccc(F)c(C#N)c1)C(C)(C)C. The molecule has 3 heteroatoms. The molecule has 0 saturated carbocycles. The molecule has 1 aromatic carbocycles. The van der Waals surface area contributed by atoms with E-state index in [1.165, 1.54) is 6.07 Å². The van der Waals surface area contributed by atoms with Crippen LogP contribution >= 0.6 is 0 Å². The smallest absolute Gasteiger partial charge is 0.140 e. The largest absolute Gasteiger partial charge is 0.299 e. The molecule has 0 aliphatic carbocycles. The molecule has 2 nitrogen and oxygen atoms in total. The van der Waals surface area contributed by atoms with Crippen molar-refractivity contribution in [2.75, 3.05) is 7.05 Å². The Morgan fingerprint density at radius 1 is 1.39 bits per heavy atom. The first kappa shape index (κ1) is 14.7. The fraction of sp³-hybridized carbons (Fsp3) is 0.533. The van der Waals surface area contributed by atoms with E-state index >= 15 is 0 Å². The van der Waals surface area contributed by atoms with Crippen molar-refractivity contribution >= 4 is 0 Å². The first-order valence-corrected chi connectivity index (χ1v) is 6.14. The Hall–Kier alpha value is -1.40. The Morgan fingerprint density at radius 3 is 2.50 bits per heavy atom. The van der Waals surface area contributed by atoms with Crippen LogP contribution in [0.25, 0.3) is 0 Å². The summed E-state index contributed by atoms with van der Waals surface area (Å²) in [7, 11) is 2.05. The molecular weight excluding hydrogens is 227 g/mol. The van der Waals surface area contributed by atoms with Crippen molar-refractivity contribution in [1.82, 2.24) is 4.90 Å². The molecule has 1 atom stereocenters. The van der Waals surface area contributed by atoms with Crippen molar-refractivity contribution in [1.29, 1.82) is 5.26 Å². The fourth-order valence-corrected chi connectivity index (χ4v) is 1.84. The number of nitriles is 1. The van der Waals surface area contributed by atoms with Gasteiger partial charge in [0.25, 0.3) is 0 Å². The molecule has 1 aromatic rings. The zero-order valence-electron chi connectivity index (χ0n) is 11.8. The number of benzene rings is 1. The zero-order chi connectivity index (χ0) is 13.9. The van der Waals surface area contributed by atoms with Gasteiger partial charge in [-0.05, 0) is 37.1 Å². The van der Waals surface area contributed by atoms with Crippen LogP contribution in [0.5, 0.6) is 0 Å². The summed E-state index contributed by atoms with van der Waals surface area (Å²) in [5, 5.41) is 8.81. The van der Waals surface area contributed by atoms with E-state index in [-0.39, 0.29) is 11.0 Å². The van der Waals surface area contributed by atoms with Gasteiger partial charge in [-0.25, -0.2) is 4.39 Å². The summed E-state index contributed by atoms with van der Waals surface area (Å²) >= 11 is 0. The Morgan fingerprint density at radius 2 is 2.00 bits per heavy atom. The van der Waals surface area contributed by atoms with E-state index in [2.05, 4.69) is 32.6 Å². The molecule has 0 N–H and O–H groups in total. The number of rotatable bonds is 3. The molecule has 0 bridgehead atoms. The lowest BCUT2D eigenvalue weighted by Crippen LogP contribution is -2.38. The van der Waals surface area contributed by atoms with Crippen LogP contribution in [-0.2, 0) is 6.54 Å². The van der Waals surface area contributed by atoms with Crippen LogP contribution in [0.3, 0.4) is 0 Å². The Balaban J connectivity index is 2.83. The van der Waals surface area contributed by atoms with E-state index in [9.17, 15) is 4.39 Å². The Kier molecular flexibility index (Phi) is 4.48.